The molecule has 16 nitrogen and oxygen atoms in total. The number of carbonyl (C=O) groups excluding carboxylic acids is 4. The lowest BCUT2D eigenvalue weighted by atomic mass is 10.0. The number of aromatic nitrogens is 2. The lowest BCUT2D eigenvalue weighted by Crippen LogP contribution is -2.53. The lowest BCUT2D eigenvalue weighted by Gasteiger charge is -2.28. The number of nitrogens with zero attached hydrogens (tertiary/aromatic N) is 4. The zero-order chi connectivity index (χ0) is 39.2. The average Bonchev–Trinajstić information content (AvgIpc) is 3.55. The van der Waals surface area contributed by atoms with Crippen LogP contribution in [0.1, 0.15) is 85.6 Å². The molecule has 53 heavy (non-hydrogen) atoms. The summed E-state index contributed by atoms with van der Waals surface area (Å²) in [5.41, 5.74) is 6.46. The Morgan fingerprint density at radius 2 is 1.83 bits per heavy atom. The van der Waals surface area contributed by atoms with Crippen molar-refractivity contribution < 1.29 is 41.8 Å². The van der Waals surface area contributed by atoms with Crippen molar-refractivity contribution in [3.05, 3.63) is 30.4 Å². The summed E-state index contributed by atoms with van der Waals surface area (Å²) < 4.78 is 46.2. The third-order valence-electron chi connectivity index (χ3n) is 9.16. The summed E-state index contributed by atoms with van der Waals surface area (Å²) in [5, 5.41) is 2.72. The molecule has 1 aromatic heterocycles. The molecular weight excluding hydrogens is 707 g/mol. The van der Waals surface area contributed by atoms with Crippen molar-refractivity contribution >= 4 is 45.1 Å². The fraction of sp³-hybridized carbons (Fsp3) is 0.639. The molecule has 1 saturated carbocycles. The van der Waals surface area contributed by atoms with Gasteiger partial charge in [0.15, 0.2) is 0 Å². The molecule has 4 amide bonds. The van der Waals surface area contributed by atoms with Gasteiger partial charge in [-0.05, 0) is 78.4 Å². The van der Waals surface area contributed by atoms with Crippen LogP contribution in [-0.4, -0.2) is 103 Å². The number of fused-ring (bicyclic) bond motifs is 1. The molecule has 17 heteroatoms. The minimum atomic E-state index is -3.82. The van der Waals surface area contributed by atoms with Crippen LogP contribution in [0.3, 0.4) is 0 Å². The Bertz CT molecular complexity index is 1780. The Balaban J connectivity index is 1.38. The number of amides is 4. The second-order valence-corrected chi connectivity index (χ2v) is 17.0. The summed E-state index contributed by atoms with van der Waals surface area (Å²) in [6.07, 6.45) is 6.44. The zero-order valence-corrected chi connectivity index (χ0v) is 32.8. The molecular formula is C36H55N7O9S. The van der Waals surface area contributed by atoms with Gasteiger partial charge in [0, 0.05) is 32.5 Å². The van der Waals surface area contributed by atoms with Gasteiger partial charge in [-0.25, -0.2) is 9.52 Å². The monoisotopic (exact) mass is 761 g/mol. The molecule has 1 aliphatic heterocycles. The summed E-state index contributed by atoms with van der Waals surface area (Å²) in [6, 6.07) is 3.99. The molecule has 294 valence electrons. The number of allylic oxidation sites excluding steroid dienone is 2. The molecule has 2 aliphatic rings. The number of ether oxygens (including phenoxy) is 3. The van der Waals surface area contributed by atoms with E-state index >= 15 is 0 Å². The minimum absolute atomic E-state index is 0.00815. The highest BCUT2D eigenvalue weighted by atomic mass is 32.2. The van der Waals surface area contributed by atoms with Crippen molar-refractivity contribution in [2.45, 2.75) is 109 Å². The number of nitrogens with one attached hydrogen (secondary N) is 2. The molecule has 2 heterocycles. The molecule has 1 saturated heterocycles. The molecule has 1 aromatic carbocycles. The van der Waals surface area contributed by atoms with E-state index in [9.17, 15) is 27.6 Å². The Labute approximate surface area is 311 Å². The maximum Gasteiger partial charge on any atom is 0.408 e. The number of carbonyl (C=O) groups is 4. The van der Waals surface area contributed by atoms with Crippen LogP contribution in [0.2, 0.25) is 0 Å². The number of para-hydroxylation sites is 1. The van der Waals surface area contributed by atoms with Crippen molar-refractivity contribution in [2.75, 3.05) is 27.7 Å². The van der Waals surface area contributed by atoms with Crippen LogP contribution in [0.5, 0.6) is 11.8 Å². The van der Waals surface area contributed by atoms with E-state index in [4.69, 9.17) is 24.9 Å². The first-order valence-corrected chi connectivity index (χ1v) is 19.5. The van der Waals surface area contributed by atoms with E-state index in [1.165, 1.54) is 19.0 Å². The largest absolute Gasteiger partial charge is 0.494 e. The van der Waals surface area contributed by atoms with Gasteiger partial charge in [-0.3, -0.25) is 19.0 Å². The molecule has 5 atom stereocenters. The predicted molar refractivity (Wildman–Crippen MR) is 198 cm³/mol. The van der Waals surface area contributed by atoms with Gasteiger partial charge < -0.3 is 30.2 Å². The molecule has 0 spiro atoms. The van der Waals surface area contributed by atoms with Crippen LogP contribution in [0.4, 0.5) is 4.79 Å². The Morgan fingerprint density at radius 3 is 2.45 bits per heavy atom. The van der Waals surface area contributed by atoms with Crippen LogP contribution in [-0.2, 0) is 29.3 Å². The van der Waals surface area contributed by atoms with Gasteiger partial charge >= 0.3 is 16.3 Å². The topological polar surface area (TPSA) is 204 Å². The van der Waals surface area contributed by atoms with Crippen LogP contribution in [0.25, 0.3) is 11.0 Å². The lowest BCUT2D eigenvalue weighted by molar-refractivity contribution is -0.139. The quantitative estimate of drug-likeness (QED) is 0.158. The van der Waals surface area contributed by atoms with E-state index in [1.807, 2.05) is 48.8 Å². The molecule has 0 unspecified atom stereocenters. The van der Waals surface area contributed by atoms with E-state index in [1.54, 1.807) is 27.9 Å². The summed E-state index contributed by atoms with van der Waals surface area (Å²) in [7, 11) is 0.456. The van der Waals surface area contributed by atoms with E-state index < -0.39 is 57.8 Å². The number of hydrogen-bond acceptors (Lipinski definition) is 10. The second kappa shape index (κ2) is 17.2. The van der Waals surface area contributed by atoms with E-state index in [0.29, 0.717) is 36.5 Å². The smallest absolute Gasteiger partial charge is 0.408 e. The van der Waals surface area contributed by atoms with E-state index in [-0.39, 0.29) is 30.8 Å². The highest BCUT2D eigenvalue weighted by Gasteiger charge is 2.44. The molecule has 4 rings (SSSR count). The molecule has 0 radical (unpaired) electrons. The predicted octanol–water partition coefficient (Wildman–Crippen LogP) is 3.42. The number of hydrogen-bond donors (Lipinski definition) is 3. The van der Waals surface area contributed by atoms with Gasteiger partial charge in [-0.1, -0.05) is 31.1 Å². The molecule has 2 fully saturated rings. The van der Waals surface area contributed by atoms with Crippen LogP contribution >= 0.6 is 0 Å². The van der Waals surface area contributed by atoms with Crippen molar-refractivity contribution in [3.63, 3.8) is 0 Å². The fourth-order valence-electron chi connectivity index (χ4n) is 6.35. The fourth-order valence-corrected chi connectivity index (χ4v) is 6.94. The standard InChI is InChI=1S/C36H55N7O9S/c1-22(2)43-27-17-14-18-29(50-8)30(27)39-34(43)51-24-20-28(31(37)44)42(21-24)33(46)26(38-35(47)52-36(3,4)5)16-13-11-9-10-12-15-23-19-25(23)32(45)40-53(48,49)41(6)7/h12,14-15,17-18,22-26,28H,9-11,13,16,19-21H2,1-8H3,(H2,37,44)(H,38,47)(H,40,45)/b15-12-/t23-,24-,25+,26+,28+/m1/s1. The van der Waals surface area contributed by atoms with Crippen molar-refractivity contribution in [3.8, 4) is 11.8 Å². The Morgan fingerprint density at radius 1 is 1.11 bits per heavy atom. The van der Waals surface area contributed by atoms with Gasteiger partial charge in [-0.2, -0.15) is 17.7 Å². The third kappa shape index (κ3) is 10.8. The molecule has 4 N–H and O–H groups in total. The number of alkyl carbamates (subject to hydrolysis) is 1. The number of primary amides is 1. The van der Waals surface area contributed by atoms with Crippen molar-refractivity contribution in [1.82, 2.24) is 28.8 Å². The summed E-state index contributed by atoms with van der Waals surface area (Å²) in [6.45, 7) is 9.24. The number of imidazole rings is 1. The number of methoxy groups -OCH3 is 1. The molecule has 0 bridgehead atoms. The number of unbranched alkanes of at least 4 members (excludes halogenated alkanes) is 3. The van der Waals surface area contributed by atoms with Gasteiger partial charge in [0.1, 0.15) is 35.1 Å². The van der Waals surface area contributed by atoms with Crippen LogP contribution < -0.4 is 25.2 Å². The van der Waals surface area contributed by atoms with Crippen molar-refractivity contribution in [1.29, 1.82) is 0 Å². The summed E-state index contributed by atoms with van der Waals surface area (Å²) in [4.78, 5) is 58.0. The first-order chi connectivity index (χ1) is 24.8. The Hall–Kier alpha value is -4.38. The number of rotatable bonds is 17. The third-order valence-corrected chi connectivity index (χ3v) is 10.6. The highest BCUT2D eigenvalue weighted by Crippen LogP contribution is 2.40. The first-order valence-electron chi connectivity index (χ1n) is 18.0. The maximum atomic E-state index is 14.1. The SMILES string of the molecule is COc1cccc2c1nc(O[C@@H]1C[C@@H](C(N)=O)N(C(=O)[C@H](CCCCC/C=C\[C@@H]3C[C@@H]3C(=O)NS(=O)(=O)N(C)C)NC(=O)OC(C)(C)C)C1)n2C(C)C. The van der Waals surface area contributed by atoms with Gasteiger partial charge in [-0.15, -0.1) is 0 Å². The van der Waals surface area contributed by atoms with Gasteiger partial charge in [0.25, 0.3) is 6.01 Å². The van der Waals surface area contributed by atoms with Crippen LogP contribution in [0.15, 0.2) is 30.4 Å². The van der Waals surface area contributed by atoms with Gasteiger partial charge in [0.2, 0.25) is 17.7 Å². The van der Waals surface area contributed by atoms with E-state index in [0.717, 1.165) is 29.1 Å². The van der Waals surface area contributed by atoms with Crippen molar-refractivity contribution in [2.24, 2.45) is 17.6 Å². The molecule has 1 aliphatic carbocycles. The van der Waals surface area contributed by atoms with Gasteiger partial charge in [0.05, 0.1) is 19.2 Å². The highest BCUT2D eigenvalue weighted by molar-refractivity contribution is 7.87. The average molecular weight is 762 g/mol. The van der Waals surface area contributed by atoms with E-state index in [2.05, 4.69) is 10.0 Å². The second-order valence-electron chi connectivity index (χ2n) is 15.1. The number of nitrogens with two attached hydrogens (primary N) is 1. The normalized spacial score (nSPS) is 20.9. The summed E-state index contributed by atoms with van der Waals surface area (Å²) in [5.74, 6) is -1.43. The number of likely N-dealkylation sites (tertiary alicyclic amines) is 1. The Kier molecular flexibility index (Phi) is 13.4. The maximum absolute atomic E-state index is 14.1. The first kappa shape index (κ1) is 41.4. The summed E-state index contributed by atoms with van der Waals surface area (Å²) >= 11 is 0. The van der Waals surface area contributed by atoms with Crippen LogP contribution in [0, 0.1) is 11.8 Å². The molecule has 2 aromatic rings. The minimum Gasteiger partial charge on any atom is -0.494 e. The zero-order valence-electron chi connectivity index (χ0n) is 32.0. The number of benzene rings is 1.